The molecule has 6 nitrogen and oxygen atoms in total. The second-order valence-corrected chi connectivity index (χ2v) is 4.33. The van der Waals surface area contributed by atoms with Crippen LogP contribution in [0.5, 0.6) is 0 Å². The zero-order chi connectivity index (χ0) is 13.2. The van der Waals surface area contributed by atoms with Crippen molar-refractivity contribution < 1.29 is 9.18 Å². The van der Waals surface area contributed by atoms with Gasteiger partial charge < -0.3 is 10.6 Å². The minimum absolute atomic E-state index is 0.132. The minimum Gasteiger partial charge on any atom is -0.318 e. The molecule has 0 unspecified atom stereocenters. The molecule has 0 spiro atoms. The summed E-state index contributed by atoms with van der Waals surface area (Å²) in [6, 6.07) is 6.22. The van der Waals surface area contributed by atoms with E-state index in [1.54, 1.807) is 23.0 Å². The second-order valence-electron chi connectivity index (χ2n) is 4.33. The fourth-order valence-electron chi connectivity index (χ4n) is 1.77. The predicted molar refractivity (Wildman–Crippen MR) is 66.3 cm³/mol. The molecule has 1 fully saturated rings. The number of rotatable bonds is 3. The number of hydrogen-bond donors (Lipinski definition) is 2. The summed E-state index contributed by atoms with van der Waals surface area (Å²) in [6.45, 7) is 1.63. The van der Waals surface area contributed by atoms with Crippen molar-refractivity contribution in [3.8, 4) is 0 Å². The van der Waals surface area contributed by atoms with Crippen LogP contribution in [0.25, 0.3) is 0 Å². The fraction of sp³-hybridized carbons (Fsp3) is 0.250. The number of carbonyl (C=O) groups excluding carboxylic acids is 1. The molecule has 1 aliphatic rings. The van der Waals surface area contributed by atoms with Crippen LogP contribution < -0.4 is 10.6 Å². The molecule has 1 saturated heterocycles. The molecule has 3 rings (SSSR count). The van der Waals surface area contributed by atoms with E-state index in [9.17, 15) is 9.18 Å². The van der Waals surface area contributed by atoms with Gasteiger partial charge in [-0.1, -0.05) is 17.3 Å². The van der Waals surface area contributed by atoms with Gasteiger partial charge in [0.25, 0.3) is 5.91 Å². The van der Waals surface area contributed by atoms with Gasteiger partial charge in [-0.25, -0.2) is 9.07 Å². The molecule has 1 amide bonds. The highest BCUT2D eigenvalue weighted by Gasteiger charge is 2.21. The summed E-state index contributed by atoms with van der Waals surface area (Å²) in [7, 11) is 0. The summed E-state index contributed by atoms with van der Waals surface area (Å²) >= 11 is 0. The van der Waals surface area contributed by atoms with E-state index < -0.39 is 11.7 Å². The van der Waals surface area contributed by atoms with Crippen LogP contribution in [0, 0.1) is 5.82 Å². The molecule has 2 aromatic rings. The number of halogens is 1. The van der Waals surface area contributed by atoms with Crippen molar-refractivity contribution in [2.75, 3.05) is 18.4 Å². The molecule has 0 atom stereocenters. The molecule has 7 heteroatoms. The molecule has 0 radical (unpaired) electrons. The highest BCUT2D eigenvalue weighted by molar-refractivity contribution is 6.02. The highest BCUT2D eigenvalue weighted by Crippen LogP contribution is 2.14. The number of para-hydroxylation sites is 1. The van der Waals surface area contributed by atoms with E-state index in [4.69, 9.17) is 0 Å². The van der Waals surface area contributed by atoms with Crippen LogP contribution in [0.3, 0.4) is 0 Å². The summed E-state index contributed by atoms with van der Waals surface area (Å²) in [6.07, 6.45) is 1.57. The molecular weight excluding hydrogens is 249 g/mol. The van der Waals surface area contributed by atoms with Crippen LogP contribution in [0.1, 0.15) is 16.5 Å². The minimum atomic E-state index is -0.480. The van der Waals surface area contributed by atoms with Gasteiger partial charge in [-0.05, 0) is 12.1 Å². The van der Waals surface area contributed by atoms with Gasteiger partial charge in [0.2, 0.25) is 0 Å². The summed E-state index contributed by atoms with van der Waals surface area (Å²) in [5, 5.41) is 13.3. The average molecular weight is 261 g/mol. The van der Waals surface area contributed by atoms with Crippen molar-refractivity contribution in [1.29, 1.82) is 0 Å². The Morgan fingerprint density at radius 1 is 1.42 bits per heavy atom. The van der Waals surface area contributed by atoms with Gasteiger partial charge in [-0.3, -0.25) is 4.79 Å². The van der Waals surface area contributed by atoms with E-state index in [1.807, 2.05) is 0 Å². The number of nitrogens with zero attached hydrogens (tertiary/aromatic N) is 3. The molecule has 1 aromatic carbocycles. The molecule has 1 aliphatic heterocycles. The first kappa shape index (κ1) is 11.8. The first-order valence-corrected chi connectivity index (χ1v) is 5.92. The van der Waals surface area contributed by atoms with Gasteiger partial charge in [0, 0.05) is 13.1 Å². The Labute approximate surface area is 108 Å². The molecule has 0 aliphatic carbocycles. The topological polar surface area (TPSA) is 71.8 Å². The van der Waals surface area contributed by atoms with E-state index in [-0.39, 0.29) is 17.4 Å². The molecule has 0 saturated carbocycles. The van der Waals surface area contributed by atoms with Crippen LogP contribution in [0.15, 0.2) is 30.5 Å². The first-order chi connectivity index (χ1) is 9.24. The second kappa shape index (κ2) is 4.77. The third-order valence-corrected chi connectivity index (χ3v) is 3.00. The SMILES string of the molecule is O=C(Nc1ccccc1F)c1cn(C2CNC2)nn1. The molecule has 0 bridgehead atoms. The summed E-state index contributed by atoms with van der Waals surface area (Å²) in [5.41, 5.74) is 0.308. The van der Waals surface area contributed by atoms with Crippen molar-refractivity contribution in [1.82, 2.24) is 20.3 Å². The Morgan fingerprint density at radius 3 is 2.89 bits per heavy atom. The normalized spacial score (nSPS) is 15.0. The lowest BCUT2D eigenvalue weighted by Crippen LogP contribution is -2.43. The maximum atomic E-state index is 13.4. The van der Waals surface area contributed by atoms with E-state index in [2.05, 4.69) is 20.9 Å². The number of aromatic nitrogens is 3. The number of anilines is 1. The molecule has 19 heavy (non-hydrogen) atoms. The molecule has 2 N–H and O–H groups in total. The van der Waals surface area contributed by atoms with Crippen molar-refractivity contribution in [2.24, 2.45) is 0 Å². The predicted octanol–water partition coefficient (Wildman–Crippen LogP) is 0.814. The molecule has 2 heterocycles. The van der Waals surface area contributed by atoms with Gasteiger partial charge in [0.1, 0.15) is 5.82 Å². The van der Waals surface area contributed by atoms with Crippen LogP contribution in [0.4, 0.5) is 10.1 Å². The molecule has 1 aromatic heterocycles. The highest BCUT2D eigenvalue weighted by atomic mass is 19.1. The lowest BCUT2D eigenvalue weighted by molar-refractivity contribution is 0.102. The van der Waals surface area contributed by atoms with Crippen molar-refractivity contribution in [3.63, 3.8) is 0 Å². The van der Waals surface area contributed by atoms with Crippen LogP contribution in [-0.4, -0.2) is 34.0 Å². The fourth-order valence-corrected chi connectivity index (χ4v) is 1.77. The summed E-state index contributed by atoms with van der Waals surface area (Å²) < 4.78 is 15.0. The number of benzene rings is 1. The van der Waals surface area contributed by atoms with E-state index >= 15 is 0 Å². The molecular formula is C12H12FN5O. The Kier molecular flexibility index (Phi) is 2.96. The number of carbonyl (C=O) groups is 1. The Hall–Kier alpha value is -2.28. The summed E-state index contributed by atoms with van der Waals surface area (Å²) in [5.74, 6) is -0.949. The van der Waals surface area contributed by atoms with E-state index in [0.717, 1.165) is 13.1 Å². The smallest absolute Gasteiger partial charge is 0.277 e. The average Bonchev–Trinajstić information content (AvgIpc) is 2.79. The van der Waals surface area contributed by atoms with Crippen molar-refractivity contribution in [2.45, 2.75) is 6.04 Å². The lowest BCUT2D eigenvalue weighted by atomic mass is 10.2. The zero-order valence-corrected chi connectivity index (χ0v) is 10.0. The van der Waals surface area contributed by atoms with Crippen molar-refractivity contribution in [3.05, 3.63) is 42.0 Å². The third-order valence-electron chi connectivity index (χ3n) is 3.00. The van der Waals surface area contributed by atoms with Gasteiger partial charge >= 0.3 is 0 Å². The van der Waals surface area contributed by atoms with Gasteiger partial charge in [0.15, 0.2) is 5.69 Å². The Morgan fingerprint density at radius 2 is 2.21 bits per heavy atom. The van der Waals surface area contributed by atoms with E-state index in [0.29, 0.717) is 0 Å². The van der Waals surface area contributed by atoms with Crippen molar-refractivity contribution >= 4 is 11.6 Å². The standard InChI is InChI=1S/C12H12FN5O/c13-9-3-1-2-4-10(9)15-12(19)11-7-18(17-16-11)8-5-14-6-8/h1-4,7-8,14H,5-6H2,(H,15,19). The Bertz CT molecular complexity index is 608. The van der Waals surface area contributed by atoms with Crippen LogP contribution >= 0.6 is 0 Å². The zero-order valence-electron chi connectivity index (χ0n) is 10.0. The third kappa shape index (κ3) is 2.32. The first-order valence-electron chi connectivity index (χ1n) is 5.92. The number of amides is 1. The largest absolute Gasteiger partial charge is 0.318 e. The lowest BCUT2D eigenvalue weighted by Gasteiger charge is -2.26. The maximum absolute atomic E-state index is 13.4. The van der Waals surface area contributed by atoms with E-state index in [1.165, 1.54) is 12.1 Å². The van der Waals surface area contributed by atoms with Gasteiger partial charge in [0.05, 0.1) is 17.9 Å². The maximum Gasteiger partial charge on any atom is 0.277 e. The monoisotopic (exact) mass is 261 g/mol. The summed E-state index contributed by atoms with van der Waals surface area (Å²) in [4.78, 5) is 11.9. The van der Waals surface area contributed by atoms with Gasteiger partial charge in [-0.2, -0.15) is 0 Å². The molecule has 98 valence electrons. The number of hydrogen-bond acceptors (Lipinski definition) is 4. The Balaban J connectivity index is 1.73. The number of nitrogens with one attached hydrogen (secondary N) is 2. The van der Waals surface area contributed by atoms with Crippen LogP contribution in [-0.2, 0) is 0 Å². The quantitative estimate of drug-likeness (QED) is 0.857. The van der Waals surface area contributed by atoms with Gasteiger partial charge in [-0.15, -0.1) is 5.10 Å². The van der Waals surface area contributed by atoms with Crippen LogP contribution in [0.2, 0.25) is 0 Å².